The van der Waals surface area contributed by atoms with Crippen LogP contribution in [0.25, 0.3) is 0 Å². The van der Waals surface area contributed by atoms with Gasteiger partial charge in [0.2, 0.25) is 5.91 Å². The van der Waals surface area contributed by atoms with E-state index < -0.39 is 12.1 Å². The van der Waals surface area contributed by atoms with E-state index in [1.54, 1.807) is 5.32 Å². The zero-order valence-electron chi connectivity index (χ0n) is 14.2. The van der Waals surface area contributed by atoms with Crippen LogP contribution in [0.5, 0.6) is 0 Å². The monoisotopic (exact) mass is 364 g/mol. The van der Waals surface area contributed by atoms with Gasteiger partial charge < -0.3 is 10.6 Å². The molecule has 0 saturated heterocycles. The van der Waals surface area contributed by atoms with Crippen LogP contribution in [0.4, 0.5) is 24.5 Å². The lowest BCUT2D eigenvalue weighted by molar-refractivity contribution is -0.167. The molecule has 0 saturated carbocycles. The first-order valence-corrected chi connectivity index (χ1v) is 8.08. The van der Waals surface area contributed by atoms with Gasteiger partial charge in [-0.15, -0.1) is 0 Å². The minimum atomic E-state index is -4.94. The molecule has 2 rings (SSSR count). The first-order valence-electron chi connectivity index (χ1n) is 8.08. The maximum atomic E-state index is 12.2. The Balaban J connectivity index is 1.78. The summed E-state index contributed by atoms with van der Waals surface area (Å²) in [4.78, 5) is 22.8. The van der Waals surface area contributed by atoms with Gasteiger partial charge >= 0.3 is 12.1 Å². The third-order valence-electron chi connectivity index (χ3n) is 3.67. The topological polar surface area (TPSA) is 58.2 Å². The van der Waals surface area contributed by atoms with E-state index in [-0.39, 0.29) is 11.6 Å². The summed E-state index contributed by atoms with van der Waals surface area (Å²) in [5.74, 6) is -2.21. The summed E-state index contributed by atoms with van der Waals surface area (Å²) in [6.07, 6.45) is -3.13. The Morgan fingerprint density at radius 1 is 0.885 bits per heavy atom. The number of carbonyl (C=O) groups is 2. The van der Waals surface area contributed by atoms with Gasteiger partial charge in [-0.05, 0) is 49.6 Å². The van der Waals surface area contributed by atoms with Gasteiger partial charge in [0.15, 0.2) is 0 Å². The molecule has 4 nitrogen and oxygen atoms in total. The first-order chi connectivity index (χ1) is 12.2. The number of aryl methyl sites for hydroxylation is 2. The quantitative estimate of drug-likeness (QED) is 0.795. The van der Waals surface area contributed by atoms with Gasteiger partial charge in [-0.25, -0.2) is 0 Å². The summed E-state index contributed by atoms with van der Waals surface area (Å²) >= 11 is 0. The van der Waals surface area contributed by atoms with E-state index >= 15 is 0 Å². The van der Waals surface area contributed by atoms with Crippen LogP contribution in [0.2, 0.25) is 0 Å². The number of halogens is 3. The molecular formula is C19H19F3N2O2. The van der Waals surface area contributed by atoms with Crippen LogP contribution in [-0.4, -0.2) is 18.0 Å². The molecule has 7 heteroatoms. The van der Waals surface area contributed by atoms with E-state index in [0.29, 0.717) is 18.5 Å². The minimum Gasteiger partial charge on any atom is -0.326 e. The number of nitrogens with one attached hydrogen (secondary N) is 2. The average molecular weight is 364 g/mol. The van der Waals surface area contributed by atoms with Crippen LogP contribution in [0.1, 0.15) is 24.0 Å². The molecule has 0 fully saturated rings. The molecule has 2 aromatic rings. The van der Waals surface area contributed by atoms with E-state index in [1.807, 2.05) is 31.2 Å². The zero-order chi connectivity index (χ0) is 19.2. The Labute approximate surface area is 149 Å². The molecule has 2 N–H and O–H groups in total. The van der Waals surface area contributed by atoms with E-state index in [9.17, 15) is 22.8 Å². The highest BCUT2D eigenvalue weighted by atomic mass is 19.4. The molecule has 0 aliphatic rings. The third-order valence-corrected chi connectivity index (χ3v) is 3.67. The van der Waals surface area contributed by atoms with Crippen molar-refractivity contribution in [2.24, 2.45) is 0 Å². The molecule has 0 spiro atoms. The van der Waals surface area contributed by atoms with Gasteiger partial charge in [0, 0.05) is 17.8 Å². The minimum absolute atomic E-state index is 0.00435. The Morgan fingerprint density at radius 3 is 1.96 bits per heavy atom. The summed E-state index contributed by atoms with van der Waals surface area (Å²) in [5, 5.41) is 4.42. The largest absolute Gasteiger partial charge is 0.471 e. The van der Waals surface area contributed by atoms with Gasteiger partial charge in [0.1, 0.15) is 0 Å². The summed E-state index contributed by atoms with van der Waals surface area (Å²) < 4.78 is 36.5. The number of benzene rings is 2. The third kappa shape index (κ3) is 6.23. The molecule has 2 aromatic carbocycles. The highest BCUT2D eigenvalue weighted by Gasteiger charge is 2.38. The fourth-order valence-electron chi connectivity index (χ4n) is 2.27. The molecule has 0 aliphatic heterocycles. The van der Waals surface area contributed by atoms with Crippen LogP contribution in [0.3, 0.4) is 0 Å². The summed E-state index contributed by atoms with van der Waals surface area (Å²) in [7, 11) is 0. The number of anilines is 2. The van der Waals surface area contributed by atoms with E-state index in [4.69, 9.17) is 0 Å². The van der Waals surface area contributed by atoms with E-state index in [2.05, 4.69) is 5.32 Å². The van der Waals surface area contributed by atoms with Crippen LogP contribution in [-0.2, 0) is 16.0 Å². The van der Waals surface area contributed by atoms with Crippen molar-refractivity contribution in [3.05, 3.63) is 59.7 Å². The number of rotatable bonds is 6. The van der Waals surface area contributed by atoms with Crippen molar-refractivity contribution < 1.29 is 22.8 Å². The molecule has 0 unspecified atom stereocenters. The molecule has 0 aromatic heterocycles. The van der Waals surface area contributed by atoms with Crippen molar-refractivity contribution in [1.29, 1.82) is 0 Å². The van der Waals surface area contributed by atoms with Crippen molar-refractivity contribution in [1.82, 2.24) is 0 Å². The van der Waals surface area contributed by atoms with Gasteiger partial charge in [0.05, 0.1) is 0 Å². The number of amides is 2. The molecule has 0 bridgehead atoms. The first kappa shape index (κ1) is 19.5. The molecule has 26 heavy (non-hydrogen) atoms. The van der Waals surface area contributed by atoms with Crippen LogP contribution in [0, 0.1) is 6.92 Å². The van der Waals surface area contributed by atoms with Crippen molar-refractivity contribution in [2.75, 3.05) is 10.6 Å². The lowest BCUT2D eigenvalue weighted by atomic mass is 10.1. The highest BCUT2D eigenvalue weighted by molar-refractivity contribution is 5.95. The number of carbonyl (C=O) groups excluding carboxylic acids is 2. The summed E-state index contributed by atoms with van der Waals surface area (Å²) in [6, 6.07) is 13.6. The molecular weight excluding hydrogens is 345 g/mol. The van der Waals surface area contributed by atoms with Gasteiger partial charge in [0.25, 0.3) is 0 Å². The molecule has 0 atom stereocenters. The van der Waals surface area contributed by atoms with Gasteiger partial charge in [-0.3, -0.25) is 9.59 Å². The van der Waals surface area contributed by atoms with Gasteiger partial charge in [-0.2, -0.15) is 13.2 Å². The number of hydrogen-bond acceptors (Lipinski definition) is 2. The van der Waals surface area contributed by atoms with Crippen molar-refractivity contribution in [3.8, 4) is 0 Å². The average Bonchev–Trinajstić information content (AvgIpc) is 2.57. The van der Waals surface area contributed by atoms with Crippen molar-refractivity contribution in [3.63, 3.8) is 0 Å². The Kier molecular flexibility index (Phi) is 6.38. The van der Waals surface area contributed by atoms with Crippen LogP contribution >= 0.6 is 0 Å². The van der Waals surface area contributed by atoms with Crippen molar-refractivity contribution >= 4 is 23.2 Å². The maximum Gasteiger partial charge on any atom is 0.471 e. The molecule has 2 amide bonds. The second-order valence-corrected chi connectivity index (χ2v) is 5.92. The lowest BCUT2D eigenvalue weighted by Crippen LogP contribution is -2.29. The Hall–Kier alpha value is -2.83. The fraction of sp³-hybridized carbons (Fsp3) is 0.263. The smallest absolute Gasteiger partial charge is 0.326 e. The predicted octanol–water partition coefficient (Wildman–Crippen LogP) is 4.46. The molecule has 0 aliphatic carbocycles. The summed E-state index contributed by atoms with van der Waals surface area (Å²) in [6.45, 7) is 2.01. The number of hydrogen-bond donors (Lipinski definition) is 2. The normalized spacial score (nSPS) is 11.1. The molecule has 0 heterocycles. The molecule has 0 radical (unpaired) electrons. The van der Waals surface area contributed by atoms with E-state index in [1.165, 1.54) is 29.8 Å². The number of alkyl halides is 3. The Bertz CT molecular complexity index is 754. The van der Waals surface area contributed by atoms with Gasteiger partial charge in [-0.1, -0.05) is 29.8 Å². The second-order valence-electron chi connectivity index (χ2n) is 5.92. The fourth-order valence-corrected chi connectivity index (χ4v) is 2.27. The lowest BCUT2D eigenvalue weighted by Gasteiger charge is -2.09. The second kappa shape index (κ2) is 8.51. The highest BCUT2D eigenvalue weighted by Crippen LogP contribution is 2.19. The van der Waals surface area contributed by atoms with Crippen LogP contribution < -0.4 is 10.6 Å². The maximum absolute atomic E-state index is 12.2. The SMILES string of the molecule is Cc1ccc(CCCC(=O)Nc2ccc(NC(=O)C(F)(F)F)cc2)cc1. The molecule has 138 valence electrons. The zero-order valence-corrected chi connectivity index (χ0v) is 14.2. The summed E-state index contributed by atoms with van der Waals surface area (Å²) in [5.41, 5.74) is 2.80. The van der Waals surface area contributed by atoms with E-state index in [0.717, 1.165) is 12.0 Å². The van der Waals surface area contributed by atoms with Crippen LogP contribution in [0.15, 0.2) is 48.5 Å². The van der Waals surface area contributed by atoms with Crippen molar-refractivity contribution in [2.45, 2.75) is 32.4 Å². The predicted molar refractivity (Wildman–Crippen MR) is 93.9 cm³/mol. The standard InChI is InChI=1S/C19H19F3N2O2/c1-13-5-7-14(8-6-13)3-2-4-17(25)23-15-9-11-16(12-10-15)24-18(26)19(20,21)22/h5-12H,2-4H2,1H3,(H,23,25)(H,24,26). The Morgan fingerprint density at radius 2 is 1.42 bits per heavy atom.